The van der Waals surface area contributed by atoms with Gasteiger partial charge in [0.15, 0.2) is 0 Å². The number of unbranched alkanes of at least 4 members (excludes halogenated alkanes) is 1. The molecule has 0 radical (unpaired) electrons. The van der Waals surface area contributed by atoms with Gasteiger partial charge in [-0.05, 0) is 49.1 Å². The monoisotopic (exact) mass is 432 g/mol. The molecular formula is C25H28N4O3. The molecule has 1 aromatic heterocycles. The molecule has 166 valence electrons. The molecule has 0 bridgehead atoms. The second-order valence-electron chi connectivity index (χ2n) is 7.87. The molecule has 2 aromatic carbocycles. The first kappa shape index (κ1) is 21.6. The molecule has 7 heteroatoms. The average molecular weight is 433 g/mol. The summed E-state index contributed by atoms with van der Waals surface area (Å²) in [5.41, 5.74) is 4.43. The van der Waals surface area contributed by atoms with Gasteiger partial charge >= 0.3 is 5.97 Å². The largest absolute Gasteiger partial charge is 0.489 e. The highest BCUT2D eigenvalue weighted by molar-refractivity contribution is 5.92. The van der Waals surface area contributed by atoms with Crippen molar-refractivity contribution in [2.75, 3.05) is 11.9 Å². The van der Waals surface area contributed by atoms with E-state index >= 15 is 0 Å². The Hall–Kier alpha value is -3.61. The van der Waals surface area contributed by atoms with Crippen molar-refractivity contribution in [3.63, 3.8) is 0 Å². The van der Waals surface area contributed by atoms with Crippen molar-refractivity contribution in [2.45, 2.75) is 46.3 Å². The number of allylic oxidation sites excluding steroid dienone is 1. The number of aromatic nitrogens is 3. The van der Waals surface area contributed by atoms with Crippen molar-refractivity contribution < 1.29 is 14.3 Å². The van der Waals surface area contributed by atoms with Gasteiger partial charge in [-0.25, -0.2) is 9.48 Å². The number of nitrogens with one attached hydrogen (secondary N) is 1. The molecule has 2 heterocycles. The lowest BCUT2D eigenvalue weighted by Gasteiger charge is -2.28. The number of ether oxygens (including phenoxy) is 2. The molecule has 3 aromatic rings. The first-order chi connectivity index (χ1) is 15.6. The van der Waals surface area contributed by atoms with Gasteiger partial charge in [0.2, 0.25) is 5.95 Å². The van der Waals surface area contributed by atoms with Gasteiger partial charge in [0.05, 0.1) is 12.2 Å². The molecule has 0 aliphatic carbocycles. The van der Waals surface area contributed by atoms with Crippen molar-refractivity contribution in [3.8, 4) is 5.75 Å². The van der Waals surface area contributed by atoms with Gasteiger partial charge in [-0.2, -0.15) is 10.1 Å². The first-order valence-corrected chi connectivity index (χ1v) is 10.9. The van der Waals surface area contributed by atoms with Gasteiger partial charge in [-0.15, -0.1) is 0 Å². The zero-order valence-electron chi connectivity index (χ0n) is 18.7. The van der Waals surface area contributed by atoms with Gasteiger partial charge in [-0.1, -0.05) is 49.7 Å². The quantitative estimate of drug-likeness (QED) is 0.407. The minimum absolute atomic E-state index is 0.346. The number of nitrogens with zero attached hydrogens (tertiary/aromatic N) is 3. The van der Waals surface area contributed by atoms with Crippen LogP contribution in [0.4, 0.5) is 5.95 Å². The second-order valence-corrected chi connectivity index (χ2v) is 7.87. The molecule has 4 rings (SSSR count). The molecule has 0 fully saturated rings. The summed E-state index contributed by atoms with van der Waals surface area (Å²) in [6, 6.07) is 15.5. The highest BCUT2D eigenvalue weighted by atomic mass is 16.5. The summed E-state index contributed by atoms with van der Waals surface area (Å²) in [7, 11) is 0. The Morgan fingerprint density at radius 2 is 2.00 bits per heavy atom. The minimum atomic E-state index is -0.454. The lowest BCUT2D eigenvalue weighted by Crippen LogP contribution is -2.29. The molecule has 1 unspecified atom stereocenters. The smallest absolute Gasteiger partial charge is 0.338 e. The predicted molar refractivity (Wildman–Crippen MR) is 122 cm³/mol. The maximum atomic E-state index is 13.0. The summed E-state index contributed by atoms with van der Waals surface area (Å²) >= 11 is 0. The number of benzene rings is 2. The Bertz CT molecular complexity index is 1140. The van der Waals surface area contributed by atoms with E-state index in [1.54, 1.807) is 4.68 Å². The van der Waals surface area contributed by atoms with E-state index in [0.717, 1.165) is 29.7 Å². The van der Waals surface area contributed by atoms with Crippen LogP contribution in [0.1, 0.15) is 49.4 Å². The molecule has 0 amide bonds. The van der Waals surface area contributed by atoms with Crippen LogP contribution in [0.25, 0.3) is 0 Å². The lowest BCUT2D eigenvalue weighted by atomic mass is 9.95. The van der Waals surface area contributed by atoms with Gasteiger partial charge in [-0.3, -0.25) is 0 Å². The standard InChI is InChI=1S/C25H28N4O3/c1-4-5-13-31-24(30)22-18(3)28-25-26-16-27-29(25)23(22)19-11-8-12-21(14-19)32-15-20-10-7-6-9-17(20)2/h6-12,14,16,23H,4-5,13,15H2,1-3H3,(H,26,27,28). The molecule has 1 aliphatic heterocycles. The van der Waals surface area contributed by atoms with E-state index in [9.17, 15) is 4.79 Å². The molecule has 0 saturated carbocycles. The Labute approximate surface area is 188 Å². The number of hydrogen-bond donors (Lipinski definition) is 1. The van der Waals surface area contributed by atoms with Crippen LogP contribution in [0.15, 0.2) is 66.1 Å². The van der Waals surface area contributed by atoms with Crippen LogP contribution in [0.2, 0.25) is 0 Å². The highest BCUT2D eigenvalue weighted by Gasteiger charge is 2.34. The molecule has 1 N–H and O–H groups in total. The van der Waals surface area contributed by atoms with Gasteiger partial charge in [0.25, 0.3) is 0 Å². The SMILES string of the molecule is CCCCOC(=O)C1=C(C)Nc2ncnn2C1c1cccc(OCc2ccccc2C)c1. The maximum Gasteiger partial charge on any atom is 0.338 e. The van der Waals surface area contributed by atoms with E-state index in [4.69, 9.17) is 9.47 Å². The van der Waals surface area contributed by atoms with Crippen LogP contribution >= 0.6 is 0 Å². The molecule has 32 heavy (non-hydrogen) atoms. The topological polar surface area (TPSA) is 78.3 Å². The zero-order valence-corrected chi connectivity index (χ0v) is 18.7. The summed E-state index contributed by atoms with van der Waals surface area (Å²) in [5.74, 6) is 0.965. The van der Waals surface area contributed by atoms with E-state index in [-0.39, 0.29) is 5.97 Å². The van der Waals surface area contributed by atoms with Crippen LogP contribution in [0.5, 0.6) is 5.75 Å². The summed E-state index contributed by atoms with van der Waals surface area (Å²) in [5, 5.41) is 7.54. The van der Waals surface area contributed by atoms with Crippen molar-refractivity contribution in [1.82, 2.24) is 14.8 Å². The third-order valence-corrected chi connectivity index (χ3v) is 5.57. The highest BCUT2D eigenvalue weighted by Crippen LogP contribution is 2.36. The first-order valence-electron chi connectivity index (χ1n) is 10.9. The van der Waals surface area contributed by atoms with E-state index in [0.29, 0.717) is 30.4 Å². The van der Waals surface area contributed by atoms with Crippen molar-refractivity contribution in [2.24, 2.45) is 0 Å². The number of carbonyl (C=O) groups is 1. The maximum absolute atomic E-state index is 13.0. The van der Waals surface area contributed by atoms with Gasteiger partial charge in [0, 0.05) is 5.70 Å². The molecule has 1 atom stereocenters. The number of anilines is 1. The molecule has 1 aliphatic rings. The van der Waals surface area contributed by atoms with Crippen LogP contribution in [-0.2, 0) is 16.1 Å². The molecule has 7 nitrogen and oxygen atoms in total. The number of rotatable bonds is 8. The molecule has 0 spiro atoms. The Morgan fingerprint density at radius 3 is 2.81 bits per heavy atom. The third kappa shape index (κ3) is 4.51. The van der Waals surface area contributed by atoms with E-state index in [2.05, 4.69) is 41.4 Å². The van der Waals surface area contributed by atoms with Crippen LogP contribution in [0, 0.1) is 6.92 Å². The van der Waals surface area contributed by atoms with E-state index in [1.165, 1.54) is 11.9 Å². The Morgan fingerprint density at radius 1 is 1.16 bits per heavy atom. The fourth-order valence-electron chi connectivity index (χ4n) is 3.76. The summed E-state index contributed by atoms with van der Waals surface area (Å²) < 4.78 is 13.3. The minimum Gasteiger partial charge on any atom is -0.489 e. The van der Waals surface area contributed by atoms with Crippen molar-refractivity contribution >= 4 is 11.9 Å². The van der Waals surface area contributed by atoms with Crippen LogP contribution in [-0.4, -0.2) is 27.3 Å². The van der Waals surface area contributed by atoms with Crippen molar-refractivity contribution in [1.29, 1.82) is 0 Å². The van der Waals surface area contributed by atoms with Gasteiger partial charge < -0.3 is 14.8 Å². The molecule has 0 saturated heterocycles. The Balaban J connectivity index is 1.63. The average Bonchev–Trinajstić information content (AvgIpc) is 3.26. The van der Waals surface area contributed by atoms with Crippen LogP contribution < -0.4 is 10.1 Å². The summed E-state index contributed by atoms with van der Waals surface area (Å²) in [4.78, 5) is 17.3. The predicted octanol–water partition coefficient (Wildman–Crippen LogP) is 4.80. The number of hydrogen-bond acceptors (Lipinski definition) is 6. The Kier molecular flexibility index (Phi) is 6.54. The lowest BCUT2D eigenvalue weighted by molar-refractivity contribution is -0.139. The normalized spacial score (nSPS) is 15.2. The zero-order chi connectivity index (χ0) is 22.5. The number of aryl methyl sites for hydroxylation is 1. The van der Waals surface area contributed by atoms with Crippen molar-refractivity contribution in [3.05, 3.63) is 82.8 Å². The summed E-state index contributed by atoms with van der Waals surface area (Å²) in [6.45, 7) is 6.86. The fraction of sp³-hybridized carbons (Fsp3) is 0.320. The van der Waals surface area contributed by atoms with E-state index < -0.39 is 6.04 Å². The number of esters is 1. The summed E-state index contributed by atoms with van der Waals surface area (Å²) in [6.07, 6.45) is 3.26. The molecular weight excluding hydrogens is 404 g/mol. The third-order valence-electron chi connectivity index (χ3n) is 5.57. The number of fused-ring (bicyclic) bond motifs is 1. The second kappa shape index (κ2) is 9.68. The number of carbonyl (C=O) groups excluding carboxylic acids is 1. The fourth-order valence-corrected chi connectivity index (χ4v) is 3.76. The van der Waals surface area contributed by atoms with Crippen LogP contribution in [0.3, 0.4) is 0 Å². The van der Waals surface area contributed by atoms with E-state index in [1.807, 2.05) is 43.3 Å². The van der Waals surface area contributed by atoms with Gasteiger partial charge in [0.1, 0.15) is 24.7 Å².